The van der Waals surface area contributed by atoms with E-state index in [0.29, 0.717) is 12.0 Å². The summed E-state index contributed by atoms with van der Waals surface area (Å²) in [5, 5.41) is 3.59. The molecule has 0 aliphatic carbocycles. The number of nitrogens with zero attached hydrogens (tertiary/aromatic N) is 1. The minimum Gasteiger partial charge on any atom is -0.468 e. The lowest BCUT2D eigenvalue weighted by molar-refractivity contribution is 0.168. The van der Waals surface area contributed by atoms with Gasteiger partial charge < -0.3 is 9.73 Å². The highest BCUT2D eigenvalue weighted by Gasteiger charge is 2.17. The Bertz CT molecular complexity index is 309. The van der Waals surface area contributed by atoms with Crippen molar-refractivity contribution < 1.29 is 4.42 Å². The first-order valence-corrected chi connectivity index (χ1v) is 7.64. The molecule has 1 atom stereocenters. The van der Waals surface area contributed by atoms with E-state index in [2.05, 4.69) is 44.0 Å². The summed E-state index contributed by atoms with van der Waals surface area (Å²) in [7, 11) is 0. The fraction of sp³-hybridized carbons (Fsp3) is 0.750. The molecule has 1 aromatic heterocycles. The zero-order valence-electron chi connectivity index (χ0n) is 13.0. The molecule has 0 aliphatic rings. The first kappa shape index (κ1) is 16.3. The highest BCUT2D eigenvalue weighted by molar-refractivity contribution is 4.98. The Kier molecular flexibility index (Phi) is 7.84. The van der Waals surface area contributed by atoms with Gasteiger partial charge in [0.25, 0.3) is 0 Å². The molecular formula is C16H30N2O. The van der Waals surface area contributed by atoms with Crippen LogP contribution in [0.25, 0.3) is 0 Å². The lowest BCUT2D eigenvalue weighted by Crippen LogP contribution is -2.42. The second-order valence-corrected chi connectivity index (χ2v) is 5.64. The van der Waals surface area contributed by atoms with Crippen molar-refractivity contribution >= 4 is 0 Å². The van der Waals surface area contributed by atoms with Gasteiger partial charge in [-0.2, -0.15) is 0 Å². The molecule has 3 heteroatoms. The molecule has 0 saturated carbocycles. The summed E-state index contributed by atoms with van der Waals surface area (Å²) in [6.45, 7) is 13.1. The molecule has 1 unspecified atom stereocenters. The van der Waals surface area contributed by atoms with Crippen LogP contribution in [0.15, 0.2) is 22.8 Å². The van der Waals surface area contributed by atoms with Gasteiger partial charge in [0.2, 0.25) is 0 Å². The van der Waals surface area contributed by atoms with Crippen LogP contribution in [0, 0.1) is 5.92 Å². The van der Waals surface area contributed by atoms with E-state index >= 15 is 0 Å². The fourth-order valence-electron chi connectivity index (χ4n) is 2.39. The van der Waals surface area contributed by atoms with E-state index in [4.69, 9.17) is 4.42 Å². The topological polar surface area (TPSA) is 28.4 Å². The van der Waals surface area contributed by atoms with Crippen LogP contribution in [-0.4, -0.2) is 30.6 Å². The third-order valence-electron chi connectivity index (χ3n) is 3.42. The van der Waals surface area contributed by atoms with Crippen molar-refractivity contribution in [1.29, 1.82) is 0 Å². The first-order valence-electron chi connectivity index (χ1n) is 7.64. The molecule has 110 valence electrons. The van der Waals surface area contributed by atoms with E-state index in [1.165, 1.54) is 12.8 Å². The van der Waals surface area contributed by atoms with E-state index in [-0.39, 0.29) is 0 Å². The first-order chi connectivity index (χ1) is 9.17. The van der Waals surface area contributed by atoms with Crippen LogP contribution in [0.2, 0.25) is 0 Å². The summed E-state index contributed by atoms with van der Waals surface area (Å²) in [6.07, 6.45) is 4.22. The molecule has 1 heterocycles. The molecule has 0 aliphatic heterocycles. The van der Waals surface area contributed by atoms with Crippen LogP contribution in [0.1, 0.15) is 46.3 Å². The Morgan fingerprint density at radius 3 is 2.58 bits per heavy atom. The van der Waals surface area contributed by atoms with Gasteiger partial charge in [0.1, 0.15) is 5.76 Å². The maximum atomic E-state index is 5.47. The number of hydrogen-bond acceptors (Lipinski definition) is 3. The molecule has 1 rings (SSSR count). The maximum absolute atomic E-state index is 5.47. The molecule has 0 bridgehead atoms. The van der Waals surface area contributed by atoms with Gasteiger partial charge in [-0.05, 0) is 37.6 Å². The van der Waals surface area contributed by atoms with Crippen molar-refractivity contribution in [3.05, 3.63) is 24.2 Å². The van der Waals surface area contributed by atoms with Crippen molar-refractivity contribution in [2.75, 3.05) is 19.6 Å². The van der Waals surface area contributed by atoms with Gasteiger partial charge in [0, 0.05) is 12.6 Å². The normalized spacial score (nSPS) is 13.4. The quantitative estimate of drug-likeness (QED) is 0.702. The Hall–Kier alpha value is -0.800. The Labute approximate surface area is 118 Å². The molecule has 0 spiro atoms. The van der Waals surface area contributed by atoms with Crippen molar-refractivity contribution in [1.82, 2.24) is 10.2 Å². The molecule has 19 heavy (non-hydrogen) atoms. The third kappa shape index (κ3) is 6.26. The average molecular weight is 266 g/mol. The van der Waals surface area contributed by atoms with Crippen LogP contribution in [-0.2, 0) is 6.54 Å². The van der Waals surface area contributed by atoms with Gasteiger partial charge in [0.05, 0.1) is 12.8 Å². The predicted octanol–water partition coefficient (Wildman–Crippen LogP) is 3.52. The second kappa shape index (κ2) is 9.16. The largest absolute Gasteiger partial charge is 0.468 e. The SMILES string of the molecule is CCCC(CNCC(C)C)N(CC)Cc1ccco1. The van der Waals surface area contributed by atoms with E-state index in [0.717, 1.165) is 31.9 Å². The zero-order chi connectivity index (χ0) is 14.1. The molecule has 1 N–H and O–H groups in total. The molecule has 0 fully saturated rings. The summed E-state index contributed by atoms with van der Waals surface area (Å²) in [5.41, 5.74) is 0. The van der Waals surface area contributed by atoms with Crippen LogP contribution in [0.3, 0.4) is 0 Å². The third-order valence-corrected chi connectivity index (χ3v) is 3.42. The summed E-state index contributed by atoms with van der Waals surface area (Å²) in [6, 6.07) is 4.63. The Morgan fingerprint density at radius 2 is 2.05 bits per heavy atom. The summed E-state index contributed by atoms with van der Waals surface area (Å²) < 4.78 is 5.47. The predicted molar refractivity (Wildman–Crippen MR) is 81.2 cm³/mol. The lowest BCUT2D eigenvalue weighted by atomic mass is 10.1. The lowest BCUT2D eigenvalue weighted by Gasteiger charge is -2.30. The van der Waals surface area contributed by atoms with E-state index in [1.54, 1.807) is 6.26 Å². The summed E-state index contributed by atoms with van der Waals surface area (Å²) >= 11 is 0. The van der Waals surface area contributed by atoms with Crippen molar-refractivity contribution in [2.24, 2.45) is 5.92 Å². The van der Waals surface area contributed by atoms with E-state index < -0.39 is 0 Å². The maximum Gasteiger partial charge on any atom is 0.117 e. The van der Waals surface area contributed by atoms with Crippen LogP contribution in [0.5, 0.6) is 0 Å². The molecule has 0 amide bonds. The van der Waals surface area contributed by atoms with Gasteiger partial charge in [-0.1, -0.05) is 34.1 Å². The Morgan fingerprint density at radius 1 is 1.26 bits per heavy atom. The molecule has 1 aromatic rings. The number of hydrogen-bond donors (Lipinski definition) is 1. The highest BCUT2D eigenvalue weighted by atomic mass is 16.3. The minimum absolute atomic E-state index is 0.596. The van der Waals surface area contributed by atoms with Crippen LogP contribution < -0.4 is 5.32 Å². The van der Waals surface area contributed by atoms with Crippen molar-refractivity contribution in [3.8, 4) is 0 Å². The molecule has 0 aromatic carbocycles. The number of furan rings is 1. The summed E-state index contributed by atoms with van der Waals surface area (Å²) in [5.74, 6) is 1.77. The number of nitrogens with one attached hydrogen (secondary N) is 1. The van der Waals surface area contributed by atoms with Gasteiger partial charge in [-0.15, -0.1) is 0 Å². The number of likely N-dealkylation sites (N-methyl/N-ethyl adjacent to an activating group) is 1. The molecule has 3 nitrogen and oxygen atoms in total. The molecular weight excluding hydrogens is 236 g/mol. The van der Waals surface area contributed by atoms with Crippen molar-refractivity contribution in [3.63, 3.8) is 0 Å². The Balaban J connectivity index is 2.50. The van der Waals surface area contributed by atoms with Gasteiger partial charge >= 0.3 is 0 Å². The molecule has 0 radical (unpaired) electrons. The molecule has 0 saturated heterocycles. The smallest absolute Gasteiger partial charge is 0.117 e. The van der Waals surface area contributed by atoms with Crippen LogP contribution >= 0.6 is 0 Å². The number of rotatable bonds is 10. The monoisotopic (exact) mass is 266 g/mol. The standard InChI is InChI=1S/C16H30N2O/c1-5-8-15(12-17-11-14(3)4)18(6-2)13-16-9-7-10-19-16/h7,9-10,14-15,17H,5-6,8,11-13H2,1-4H3. The minimum atomic E-state index is 0.596. The summed E-state index contributed by atoms with van der Waals surface area (Å²) in [4.78, 5) is 2.51. The van der Waals surface area contributed by atoms with Gasteiger partial charge in [-0.25, -0.2) is 0 Å². The van der Waals surface area contributed by atoms with Crippen molar-refractivity contribution in [2.45, 2.75) is 53.1 Å². The van der Waals surface area contributed by atoms with Crippen LogP contribution in [0.4, 0.5) is 0 Å². The van der Waals surface area contributed by atoms with E-state index in [9.17, 15) is 0 Å². The fourth-order valence-corrected chi connectivity index (χ4v) is 2.39. The average Bonchev–Trinajstić information content (AvgIpc) is 2.87. The van der Waals surface area contributed by atoms with Gasteiger partial charge in [0.15, 0.2) is 0 Å². The van der Waals surface area contributed by atoms with E-state index in [1.807, 2.05) is 6.07 Å². The highest BCUT2D eigenvalue weighted by Crippen LogP contribution is 2.12. The van der Waals surface area contributed by atoms with Gasteiger partial charge in [-0.3, -0.25) is 4.90 Å². The second-order valence-electron chi connectivity index (χ2n) is 5.64. The zero-order valence-corrected chi connectivity index (χ0v) is 13.0.